The van der Waals surface area contributed by atoms with Crippen molar-refractivity contribution in [3.8, 4) is 0 Å². The smallest absolute Gasteiger partial charge is 0.328 e. The van der Waals surface area contributed by atoms with Gasteiger partial charge in [0.05, 0.1) is 16.7 Å². The second kappa shape index (κ2) is 10.8. The maximum Gasteiger partial charge on any atom is 0.328 e. The number of nitrogens with zero attached hydrogens (tertiary/aromatic N) is 2. The first-order valence-corrected chi connectivity index (χ1v) is 12.6. The molecule has 0 radical (unpaired) electrons. The number of rotatable bonds is 6. The van der Waals surface area contributed by atoms with Gasteiger partial charge >= 0.3 is 5.97 Å². The molecule has 0 saturated carbocycles. The van der Waals surface area contributed by atoms with Gasteiger partial charge in [-0.15, -0.1) is 0 Å². The summed E-state index contributed by atoms with van der Waals surface area (Å²) in [5.41, 5.74) is 5.16. The number of carboxylic acid groups (broad SMARTS) is 1. The number of allylic oxidation sites excluding steroid dienone is 1. The summed E-state index contributed by atoms with van der Waals surface area (Å²) in [5.74, 6) is -1.54. The fourth-order valence-electron chi connectivity index (χ4n) is 4.35. The van der Waals surface area contributed by atoms with Gasteiger partial charge in [0.2, 0.25) is 0 Å². The number of halogens is 2. The van der Waals surface area contributed by atoms with Crippen molar-refractivity contribution in [2.75, 3.05) is 0 Å². The molecule has 3 aromatic carbocycles. The SMILES string of the molecule is CC/C(=C(/c1ccc(/C=C/C(=O)O)cc1)c1ccc2c(cnn2C(=O)C(C)(C)C)c1)c1ccc(F)cc1Cl. The van der Waals surface area contributed by atoms with Crippen molar-refractivity contribution >= 4 is 51.6 Å². The first kappa shape index (κ1) is 27.0. The quantitative estimate of drug-likeness (QED) is 0.202. The topological polar surface area (TPSA) is 72.2 Å². The molecular formula is C31H28ClFN2O3. The monoisotopic (exact) mass is 530 g/mol. The minimum Gasteiger partial charge on any atom is -0.478 e. The van der Waals surface area contributed by atoms with Crippen LogP contribution in [0.1, 0.15) is 61.2 Å². The largest absolute Gasteiger partial charge is 0.478 e. The molecule has 0 unspecified atom stereocenters. The van der Waals surface area contributed by atoms with Crippen molar-refractivity contribution in [2.24, 2.45) is 5.41 Å². The van der Waals surface area contributed by atoms with Crippen molar-refractivity contribution in [2.45, 2.75) is 34.1 Å². The highest BCUT2D eigenvalue weighted by molar-refractivity contribution is 6.32. The van der Waals surface area contributed by atoms with Crippen LogP contribution in [0.25, 0.3) is 28.1 Å². The van der Waals surface area contributed by atoms with E-state index in [2.05, 4.69) is 5.10 Å². The lowest BCUT2D eigenvalue weighted by atomic mass is 9.87. The average Bonchev–Trinajstić information content (AvgIpc) is 3.29. The summed E-state index contributed by atoms with van der Waals surface area (Å²) in [5, 5.41) is 14.4. The minimum absolute atomic E-state index is 0.103. The maximum absolute atomic E-state index is 13.9. The number of benzene rings is 3. The van der Waals surface area contributed by atoms with Crippen LogP contribution in [0.5, 0.6) is 0 Å². The van der Waals surface area contributed by atoms with Crippen LogP contribution in [-0.2, 0) is 4.79 Å². The van der Waals surface area contributed by atoms with Crippen molar-refractivity contribution < 1.29 is 19.1 Å². The molecule has 0 aliphatic rings. The molecule has 4 aromatic rings. The van der Waals surface area contributed by atoms with E-state index in [0.29, 0.717) is 17.0 Å². The molecule has 1 heterocycles. The number of carbonyl (C=O) groups excluding carboxylic acids is 1. The van der Waals surface area contributed by atoms with Crippen LogP contribution in [0.15, 0.2) is 72.9 Å². The molecule has 7 heteroatoms. The summed E-state index contributed by atoms with van der Waals surface area (Å²) in [6.45, 7) is 7.57. The standard InChI is InChI=1S/C31H28ClFN2O3/c1-5-24(25-13-12-23(33)17-26(25)32)29(20-9-6-19(7-10-20)8-15-28(36)37)21-11-14-27-22(16-21)18-34-35(27)30(38)31(2,3)4/h6-18H,5H2,1-4H3,(H,36,37)/b15-8+,29-24+. The summed E-state index contributed by atoms with van der Waals surface area (Å²) in [6, 6.07) is 17.7. The van der Waals surface area contributed by atoms with E-state index in [-0.39, 0.29) is 5.91 Å². The average molecular weight is 531 g/mol. The second-order valence-electron chi connectivity index (χ2n) is 10.0. The van der Waals surface area contributed by atoms with E-state index in [1.165, 1.54) is 22.9 Å². The van der Waals surface area contributed by atoms with Crippen LogP contribution < -0.4 is 0 Å². The lowest BCUT2D eigenvalue weighted by molar-refractivity contribution is -0.131. The van der Waals surface area contributed by atoms with Gasteiger partial charge in [0.1, 0.15) is 5.82 Å². The van der Waals surface area contributed by atoms with Gasteiger partial charge in [-0.3, -0.25) is 4.79 Å². The normalized spacial score (nSPS) is 12.7. The molecule has 0 atom stereocenters. The van der Waals surface area contributed by atoms with Gasteiger partial charge in [0.15, 0.2) is 0 Å². The first-order chi connectivity index (χ1) is 18.0. The summed E-state index contributed by atoms with van der Waals surface area (Å²) < 4.78 is 15.3. The van der Waals surface area contributed by atoms with Gasteiger partial charge < -0.3 is 5.11 Å². The van der Waals surface area contributed by atoms with Gasteiger partial charge in [-0.2, -0.15) is 9.78 Å². The Labute approximate surface area is 225 Å². The van der Waals surface area contributed by atoms with Gasteiger partial charge in [0.25, 0.3) is 5.91 Å². The molecule has 0 aliphatic carbocycles. The Balaban J connectivity index is 1.93. The van der Waals surface area contributed by atoms with E-state index in [9.17, 15) is 14.0 Å². The number of hydrogen-bond donors (Lipinski definition) is 1. The predicted molar refractivity (Wildman–Crippen MR) is 151 cm³/mol. The van der Waals surface area contributed by atoms with Gasteiger partial charge in [-0.25, -0.2) is 9.18 Å². The molecule has 0 amide bonds. The van der Waals surface area contributed by atoms with Crippen LogP contribution in [-0.4, -0.2) is 26.8 Å². The Morgan fingerprint density at radius 1 is 1.03 bits per heavy atom. The number of carboxylic acids is 1. The second-order valence-corrected chi connectivity index (χ2v) is 10.4. The molecule has 38 heavy (non-hydrogen) atoms. The van der Waals surface area contributed by atoms with Crippen LogP contribution in [0.2, 0.25) is 5.02 Å². The molecule has 1 aromatic heterocycles. The summed E-state index contributed by atoms with van der Waals surface area (Å²) in [7, 11) is 0. The number of fused-ring (bicyclic) bond motifs is 1. The van der Waals surface area contributed by atoms with E-state index in [1.807, 2.05) is 70.2 Å². The number of hydrogen-bond acceptors (Lipinski definition) is 3. The van der Waals surface area contributed by atoms with Gasteiger partial charge in [-0.1, -0.05) is 75.7 Å². The maximum atomic E-state index is 13.9. The Morgan fingerprint density at radius 3 is 2.32 bits per heavy atom. The molecule has 5 nitrogen and oxygen atoms in total. The third-order valence-corrected chi connectivity index (χ3v) is 6.53. The Hall–Kier alpha value is -4.03. The molecule has 0 spiro atoms. The highest BCUT2D eigenvalue weighted by Gasteiger charge is 2.25. The molecule has 4 rings (SSSR count). The van der Waals surface area contributed by atoms with Crippen LogP contribution >= 0.6 is 11.6 Å². The van der Waals surface area contributed by atoms with Crippen LogP contribution in [0, 0.1) is 11.2 Å². The fraction of sp³-hybridized carbons (Fsp3) is 0.194. The molecule has 194 valence electrons. The number of aliphatic carboxylic acids is 1. The lowest BCUT2D eigenvalue weighted by Gasteiger charge is -2.18. The van der Waals surface area contributed by atoms with E-state index in [0.717, 1.165) is 44.9 Å². The van der Waals surface area contributed by atoms with Crippen molar-refractivity contribution in [3.05, 3.63) is 106 Å². The Morgan fingerprint density at radius 2 is 1.71 bits per heavy atom. The van der Waals surface area contributed by atoms with Crippen molar-refractivity contribution in [1.82, 2.24) is 9.78 Å². The van der Waals surface area contributed by atoms with E-state index >= 15 is 0 Å². The molecular weight excluding hydrogens is 503 g/mol. The fourth-order valence-corrected chi connectivity index (χ4v) is 4.63. The van der Waals surface area contributed by atoms with Crippen molar-refractivity contribution in [3.63, 3.8) is 0 Å². The third-order valence-electron chi connectivity index (χ3n) is 6.22. The zero-order chi connectivity index (χ0) is 27.6. The van der Waals surface area contributed by atoms with Gasteiger partial charge in [-0.05, 0) is 70.2 Å². The molecule has 1 N–H and O–H groups in total. The summed E-state index contributed by atoms with van der Waals surface area (Å²) in [4.78, 5) is 23.8. The minimum atomic E-state index is -1.02. The molecule has 0 fully saturated rings. The van der Waals surface area contributed by atoms with E-state index < -0.39 is 17.2 Å². The Bertz CT molecular complexity index is 1590. The van der Waals surface area contributed by atoms with Gasteiger partial charge in [0, 0.05) is 16.9 Å². The zero-order valence-corrected chi connectivity index (χ0v) is 22.4. The van der Waals surface area contributed by atoms with Crippen molar-refractivity contribution in [1.29, 1.82) is 0 Å². The predicted octanol–water partition coefficient (Wildman–Crippen LogP) is 7.98. The Kier molecular flexibility index (Phi) is 7.65. The highest BCUT2D eigenvalue weighted by Crippen LogP contribution is 2.38. The molecule has 0 bridgehead atoms. The molecule has 0 aliphatic heterocycles. The third kappa shape index (κ3) is 5.60. The number of aromatic nitrogens is 2. The van der Waals surface area contributed by atoms with E-state index in [1.54, 1.807) is 12.3 Å². The van der Waals surface area contributed by atoms with E-state index in [4.69, 9.17) is 16.7 Å². The van der Waals surface area contributed by atoms with Crippen LogP contribution in [0.4, 0.5) is 4.39 Å². The zero-order valence-electron chi connectivity index (χ0n) is 21.6. The molecule has 0 saturated heterocycles. The number of carbonyl (C=O) groups is 2. The highest BCUT2D eigenvalue weighted by atomic mass is 35.5. The van der Waals surface area contributed by atoms with Crippen LogP contribution in [0.3, 0.4) is 0 Å². The lowest BCUT2D eigenvalue weighted by Crippen LogP contribution is -2.27. The first-order valence-electron chi connectivity index (χ1n) is 12.2. The summed E-state index contributed by atoms with van der Waals surface area (Å²) >= 11 is 6.50. The summed E-state index contributed by atoms with van der Waals surface area (Å²) in [6.07, 6.45) is 4.91.